The number of amides is 2. The van der Waals surface area contributed by atoms with Crippen LogP contribution in [-0.2, 0) is 9.59 Å². The van der Waals surface area contributed by atoms with Gasteiger partial charge in [0.25, 0.3) is 17.0 Å². The zero-order valence-electron chi connectivity index (χ0n) is 17.4. The molecule has 0 bridgehead atoms. The summed E-state index contributed by atoms with van der Waals surface area (Å²) >= 11 is 1.46. The SMILES string of the molecule is Cc1ccc2nc(Oc3ccc(NC(=O)C4=C(O)C(CC(C)C)NC4=O)cc3)sc2c1. The highest BCUT2D eigenvalue weighted by atomic mass is 32.1. The van der Waals surface area contributed by atoms with E-state index in [1.54, 1.807) is 24.3 Å². The molecule has 1 atom stereocenters. The molecule has 0 spiro atoms. The minimum Gasteiger partial charge on any atom is -0.509 e. The third kappa shape index (κ3) is 4.54. The first-order chi connectivity index (χ1) is 14.8. The van der Waals surface area contributed by atoms with E-state index in [1.807, 2.05) is 32.9 Å². The van der Waals surface area contributed by atoms with Crippen molar-refractivity contribution in [1.29, 1.82) is 0 Å². The number of carbonyl (C=O) groups excluding carboxylic acids is 2. The Hall–Kier alpha value is -3.39. The number of thiazole rings is 1. The van der Waals surface area contributed by atoms with E-state index < -0.39 is 17.9 Å². The summed E-state index contributed by atoms with van der Waals surface area (Å²) < 4.78 is 6.88. The van der Waals surface area contributed by atoms with Gasteiger partial charge in [-0.2, -0.15) is 0 Å². The van der Waals surface area contributed by atoms with Crippen LogP contribution in [0.25, 0.3) is 10.2 Å². The second kappa shape index (κ2) is 8.39. The van der Waals surface area contributed by atoms with E-state index >= 15 is 0 Å². The van der Waals surface area contributed by atoms with E-state index in [4.69, 9.17) is 4.74 Å². The number of benzene rings is 2. The fraction of sp³-hybridized carbons (Fsp3) is 0.261. The van der Waals surface area contributed by atoms with Gasteiger partial charge in [0.2, 0.25) is 0 Å². The van der Waals surface area contributed by atoms with E-state index in [0.29, 0.717) is 23.1 Å². The van der Waals surface area contributed by atoms with Gasteiger partial charge in [-0.1, -0.05) is 31.3 Å². The lowest BCUT2D eigenvalue weighted by Gasteiger charge is -2.12. The molecule has 3 N–H and O–H groups in total. The summed E-state index contributed by atoms with van der Waals surface area (Å²) in [5, 5.41) is 16.1. The molecule has 2 heterocycles. The lowest BCUT2D eigenvalue weighted by Crippen LogP contribution is -2.31. The van der Waals surface area contributed by atoms with Crippen LogP contribution >= 0.6 is 11.3 Å². The Balaban J connectivity index is 1.43. The van der Waals surface area contributed by atoms with E-state index in [1.165, 1.54) is 11.3 Å². The summed E-state index contributed by atoms with van der Waals surface area (Å²) in [4.78, 5) is 29.1. The number of hydrogen-bond donors (Lipinski definition) is 3. The van der Waals surface area contributed by atoms with Crippen LogP contribution < -0.4 is 15.4 Å². The van der Waals surface area contributed by atoms with Crippen LogP contribution in [0.4, 0.5) is 5.69 Å². The summed E-state index contributed by atoms with van der Waals surface area (Å²) in [6.07, 6.45) is 0.561. The van der Waals surface area contributed by atoms with Crippen molar-refractivity contribution in [1.82, 2.24) is 10.3 Å². The molecule has 0 radical (unpaired) electrons. The minimum atomic E-state index is -0.642. The number of hydrogen-bond acceptors (Lipinski definition) is 6. The maximum Gasteiger partial charge on any atom is 0.279 e. The third-order valence-corrected chi connectivity index (χ3v) is 5.79. The molecule has 1 aliphatic heterocycles. The highest BCUT2D eigenvalue weighted by molar-refractivity contribution is 7.20. The predicted octanol–water partition coefficient (Wildman–Crippen LogP) is 4.69. The van der Waals surface area contributed by atoms with Gasteiger partial charge in [0.05, 0.1) is 16.3 Å². The Labute approximate surface area is 183 Å². The number of carbonyl (C=O) groups is 2. The Bertz CT molecular complexity index is 1180. The van der Waals surface area contributed by atoms with Gasteiger partial charge in [-0.15, -0.1) is 0 Å². The van der Waals surface area contributed by atoms with Crippen molar-refractivity contribution in [3.8, 4) is 10.9 Å². The van der Waals surface area contributed by atoms with Crippen LogP contribution in [0.2, 0.25) is 0 Å². The van der Waals surface area contributed by atoms with Crippen molar-refractivity contribution >= 4 is 39.1 Å². The number of nitrogens with one attached hydrogen (secondary N) is 2. The van der Waals surface area contributed by atoms with Crippen LogP contribution in [-0.4, -0.2) is 27.9 Å². The molecule has 4 rings (SSSR count). The molecule has 1 unspecified atom stereocenters. The fourth-order valence-corrected chi connectivity index (χ4v) is 4.34. The van der Waals surface area contributed by atoms with Crippen LogP contribution in [0.5, 0.6) is 10.9 Å². The molecule has 2 aromatic carbocycles. The van der Waals surface area contributed by atoms with Gasteiger partial charge in [0, 0.05) is 5.69 Å². The van der Waals surface area contributed by atoms with E-state index in [2.05, 4.69) is 21.7 Å². The summed E-state index contributed by atoms with van der Waals surface area (Å²) in [6.45, 7) is 6.00. The molecular weight excluding hydrogens is 414 g/mol. The highest BCUT2D eigenvalue weighted by Crippen LogP contribution is 2.32. The van der Waals surface area contributed by atoms with E-state index in [-0.39, 0.29) is 17.3 Å². The summed E-state index contributed by atoms with van der Waals surface area (Å²) in [7, 11) is 0. The molecule has 7 nitrogen and oxygen atoms in total. The number of fused-ring (bicyclic) bond motifs is 1. The zero-order chi connectivity index (χ0) is 22.1. The van der Waals surface area contributed by atoms with Gasteiger partial charge < -0.3 is 20.5 Å². The molecule has 8 heteroatoms. The van der Waals surface area contributed by atoms with Crippen LogP contribution in [0, 0.1) is 12.8 Å². The maximum atomic E-state index is 12.5. The number of aromatic nitrogens is 1. The molecule has 1 aliphatic rings. The van der Waals surface area contributed by atoms with Gasteiger partial charge in [0.1, 0.15) is 17.1 Å². The molecule has 0 saturated carbocycles. The van der Waals surface area contributed by atoms with E-state index in [9.17, 15) is 14.7 Å². The monoisotopic (exact) mass is 437 g/mol. The van der Waals surface area contributed by atoms with Gasteiger partial charge in [0.15, 0.2) is 0 Å². The molecule has 3 aromatic rings. The quantitative estimate of drug-likeness (QED) is 0.486. The topological polar surface area (TPSA) is 101 Å². The average Bonchev–Trinajstić information content (AvgIpc) is 3.22. The Morgan fingerprint density at radius 2 is 2.00 bits per heavy atom. The number of aliphatic hydroxyl groups excluding tert-OH is 1. The average molecular weight is 438 g/mol. The Kier molecular flexibility index (Phi) is 5.65. The smallest absolute Gasteiger partial charge is 0.279 e. The summed E-state index contributed by atoms with van der Waals surface area (Å²) in [5.74, 6) is -0.571. The van der Waals surface area contributed by atoms with Gasteiger partial charge in [-0.25, -0.2) is 4.98 Å². The van der Waals surface area contributed by atoms with Gasteiger partial charge in [-0.05, 0) is 61.2 Å². The number of anilines is 1. The normalized spacial score (nSPS) is 16.1. The molecule has 2 amide bonds. The molecular formula is C23H23N3O4S. The van der Waals surface area contributed by atoms with Crippen LogP contribution in [0.3, 0.4) is 0 Å². The first kappa shape index (κ1) is 20.9. The minimum absolute atomic E-state index is 0.206. The van der Waals surface area contributed by atoms with Crippen LogP contribution in [0.15, 0.2) is 53.8 Å². The first-order valence-corrected chi connectivity index (χ1v) is 10.8. The number of ether oxygens (including phenoxy) is 1. The Morgan fingerprint density at radius 3 is 2.71 bits per heavy atom. The maximum absolute atomic E-state index is 12.5. The number of rotatable bonds is 6. The molecule has 160 valence electrons. The summed E-state index contributed by atoms with van der Waals surface area (Å²) in [5.41, 5.74) is 2.29. The molecule has 1 aromatic heterocycles. The number of nitrogens with zero attached hydrogens (tertiary/aromatic N) is 1. The van der Waals surface area contributed by atoms with Crippen molar-refractivity contribution in [3.63, 3.8) is 0 Å². The van der Waals surface area contributed by atoms with Crippen molar-refractivity contribution < 1.29 is 19.4 Å². The van der Waals surface area contributed by atoms with Crippen molar-refractivity contribution in [2.24, 2.45) is 5.92 Å². The highest BCUT2D eigenvalue weighted by Gasteiger charge is 2.36. The first-order valence-electron chi connectivity index (χ1n) is 10.0. The lowest BCUT2D eigenvalue weighted by atomic mass is 10.0. The van der Waals surface area contributed by atoms with Crippen molar-refractivity contribution in [2.45, 2.75) is 33.2 Å². The van der Waals surface area contributed by atoms with Crippen LogP contribution in [0.1, 0.15) is 25.8 Å². The third-order valence-electron chi connectivity index (χ3n) is 4.89. The molecule has 0 fully saturated rings. The standard InChI is InChI=1S/C23H23N3O4S/c1-12(2)10-17-20(27)19(22(29)25-17)21(28)24-14-5-7-15(8-6-14)30-23-26-16-9-4-13(3)11-18(16)31-23/h4-9,11-12,17,27H,10H2,1-3H3,(H,24,28)(H,25,29). The largest absolute Gasteiger partial charge is 0.509 e. The molecule has 0 saturated heterocycles. The lowest BCUT2D eigenvalue weighted by molar-refractivity contribution is -0.120. The van der Waals surface area contributed by atoms with Gasteiger partial charge in [-0.3, -0.25) is 9.59 Å². The zero-order valence-corrected chi connectivity index (χ0v) is 18.2. The number of aliphatic hydroxyl groups is 1. The Morgan fingerprint density at radius 1 is 1.26 bits per heavy atom. The van der Waals surface area contributed by atoms with Crippen molar-refractivity contribution in [2.75, 3.05) is 5.32 Å². The molecule has 0 aliphatic carbocycles. The fourth-order valence-electron chi connectivity index (χ4n) is 3.41. The van der Waals surface area contributed by atoms with Crippen molar-refractivity contribution in [3.05, 3.63) is 59.4 Å². The van der Waals surface area contributed by atoms with Gasteiger partial charge >= 0.3 is 0 Å². The van der Waals surface area contributed by atoms with E-state index in [0.717, 1.165) is 15.8 Å². The predicted molar refractivity (Wildman–Crippen MR) is 121 cm³/mol. The second-order valence-electron chi connectivity index (χ2n) is 7.95. The molecule has 31 heavy (non-hydrogen) atoms. The summed E-state index contributed by atoms with van der Waals surface area (Å²) in [6, 6.07) is 12.2. The number of aryl methyl sites for hydroxylation is 1. The second-order valence-corrected chi connectivity index (χ2v) is 8.94.